The van der Waals surface area contributed by atoms with E-state index in [4.69, 9.17) is 36.8 Å². The molecular weight excluding hydrogens is 702 g/mol. The standard InChI is InChI=1S/C39H43ClF2N8O3/c1-24(22-52-35-19-31(42)30(41)18-32(35)44)38(51)50-17-16-49(20-26(50)11-13-43)37-28-12-15-48(34-10-4-7-25-6-3-9-29(40)36(25)34)21-33(28)45-39(46-37)53-23-27-8-5-14-47(27)2/h3-4,6-7,9-10,18-19,24,26-27H,5,8,11-12,14-17,20-23,44H2,1-2H3. The minimum absolute atomic E-state index is 0.0322. The van der Waals surface area contributed by atoms with Crippen LogP contribution < -0.4 is 25.0 Å². The molecule has 53 heavy (non-hydrogen) atoms. The van der Waals surface area contributed by atoms with Crippen LogP contribution in [0.25, 0.3) is 10.8 Å². The number of fused-ring (bicyclic) bond motifs is 2. The molecule has 0 spiro atoms. The Hall–Kier alpha value is -4.93. The molecule has 2 saturated heterocycles. The average Bonchev–Trinajstić information content (AvgIpc) is 3.58. The van der Waals surface area contributed by atoms with Crippen LogP contribution in [0.1, 0.15) is 37.4 Å². The molecule has 4 heterocycles. The first-order chi connectivity index (χ1) is 25.6. The topological polar surface area (TPSA) is 124 Å². The second kappa shape index (κ2) is 15.6. The van der Waals surface area contributed by atoms with Gasteiger partial charge in [-0.3, -0.25) is 4.79 Å². The molecule has 1 aromatic heterocycles. The maximum Gasteiger partial charge on any atom is 0.318 e. The molecule has 3 aromatic carbocycles. The number of amides is 1. The zero-order valence-electron chi connectivity index (χ0n) is 29.9. The van der Waals surface area contributed by atoms with Crippen LogP contribution in [0, 0.1) is 28.9 Å². The lowest BCUT2D eigenvalue weighted by molar-refractivity contribution is -0.138. The monoisotopic (exact) mass is 744 g/mol. The van der Waals surface area contributed by atoms with Gasteiger partial charge >= 0.3 is 6.01 Å². The van der Waals surface area contributed by atoms with E-state index in [0.717, 1.165) is 71.6 Å². The number of benzene rings is 3. The molecule has 0 aliphatic carbocycles. The van der Waals surface area contributed by atoms with Crippen molar-refractivity contribution < 1.29 is 23.0 Å². The molecule has 11 nitrogen and oxygen atoms in total. The number of ether oxygens (including phenoxy) is 2. The van der Waals surface area contributed by atoms with Crippen LogP contribution in [-0.4, -0.2) is 90.7 Å². The van der Waals surface area contributed by atoms with Crippen LogP contribution in [0.5, 0.6) is 11.8 Å². The van der Waals surface area contributed by atoms with Gasteiger partial charge in [0.2, 0.25) is 5.91 Å². The quantitative estimate of drug-likeness (QED) is 0.199. The zero-order chi connectivity index (χ0) is 37.2. The number of nitrogen functional groups attached to an aromatic ring is 1. The van der Waals surface area contributed by atoms with Crippen LogP contribution in [0.4, 0.5) is 26.0 Å². The van der Waals surface area contributed by atoms with E-state index < -0.39 is 23.6 Å². The van der Waals surface area contributed by atoms with E-state index in [1.807, 2.05) is 18.2 Å². The Morgan fingerprint density at radius 3 is 2.62 bits per heavy atom. The highest BCUT2D eigenvalue weighted by atomic mass is 35.5. The predicted molar refractivity (Wildman–Crippen MR) is 200 cm³/mol. The smallest absolute Gasteiger partial charge is 0.318 e. The van der Waals surface area contributed by atoms with Gasteiger partial charge in [0.15, 0.2) is 11.6 Å². The summed E-state index contributed by atoms with van der Waals surface area (Å²) in [5.74, 6) is -2.27. The van der Waals surface area contributed by atoms with E-state index in [0.29, 0.717) is 50.2 Å². The number of nitrogens with two attached hydrogens (primary N) is 1. The number of carbonyl (C=O) groups is 1. The molecule has 2 fully saturated rings. The van der Waals surface area contributed by atoms with Gasteiger partial charge < -0.3 is 34.8 Å². The highest BCUT2D eigenvalue weighted by Gasteiger charge is 2.36. The summed E-state index contributed by atoms with van der Waals surface area (Å²) >= 11 is 6.73. The molecule has 1 amide bonds. The number of aromatic nitrogens is 2. The number of hydrogen-bond donors (Lipinski definition) is 1. The number of piperazine rings is 1. The van der Waals surface area contributed by atoms with Gasteiger partial charge in [0.1, 0.15) is 18.2 Å². The molecule has 0 radical (unpaired) electrons. The van der Waals surface area contributed by atoms with Gasteiger partial charge in [-0.15, -0.1) is 0 Å². The van der Waals surface area contributed by atoms with Crippen molar-refractivity contribution in [1.29, 1.82) is 5.26 Å². The van der Waals surface area contributed by atoms with Crippen molar-refractivity contribution in [2.75, 3.05) is 68.5 Å². The molecule has 278 valence electrons. The van der Waals surface area contributed by atoms with Crippen LogP contribution in [0.15, 0.2) is 48.5 Å². The summed E-state index contributed by atoms with van der Waals surface area (Å²) in [7, 11) is 2.11. The number of hydrogen-bond acceptors (Lipinski definition) is 10. The van der Waals surface area contributed by atoms with Crippen molar-refractivity contribution >= 4 is 45.5 Å². The summed E-state index contributed by atoms with van der Waals surface area (Å²) in [5.41, 5.74) is 8.69. The van der Waals surface area contributed by atoms with Gasteiger partial charge in [-0.2, -0.15) is 15.2 Å². The fourth-order valence-corrected chi connectivity index (χ4v) is 7.96. The largest absolute Gasteiger partial charge is 0.490 e. The van der Waals surface area contributed by atoms with Crippen LogP contribution in [0.2, 0.25) is 5.02 Å². The normalized spacial score (nSPS) is 19.6. The Bertz CT molecular complexity index is 2040. The van der Waals surface area contributed by atoms with E-state index in [9.17, 15) is 18.8 Å². The van der Waals surface area contributed by atoms with Crippen molar-refractivity contribution in [2.45, 2.75) is 51.2 Å². The lowest BCUT2D eigenvalue weighted by atomic mass is 10.0. The van der Waals surface area contributed by atoms with Crippen molar-refractivity contribution in [3.63, 3.8) is 0 Å². The molecule has 0 saturated carbocycles. The van der Waals surface area contributed by atoms with Crippen LogP contribution in [0.3, 0.4) is 0 Å². The zero-order valence-corrected chi connectivity index (χ0v) is 30.7. The number of anilines is 3. The van der Waals surface area contributed by atoms with Crippen LogP contribution >= 0.6 is 11.6 Å². The van der Waals surface area contributed by atoms with Gasteiger partial charge in [-0.05, 0) is 50.4 Å². The third-order valence-corrected chi connectivity index (χ3v) is 10.9. The molecule has 3 unspecified atom stereocenters. The fourth-order valence-electron chi connectivity index (χ4n) is 7.68. The molecule has 4 aromatic rings. The van der Waals surface area contributed by atoms with Gasteiger partial charge in [-0.25, -0.2) is 8.78 Å². The maximum atomic E-state index is 13.8. The summed E-state index contributed by atoms with van der Waals surface area (Å²) in [6.45, 7) is 5.60. The third kappa shape index (κ3) is 7.61. The first kappa shape index (κ1) is 36.4. The minimum Gasteiger partial charge on any atom is -0.490 e. The number of likely N-dealkylation sites (N-methyl/N-ethyl adjacent to an activating group) is 1. The van der Waals surface area contributed by atoms with E-state index in [1.54, 1.807) is 11.8 Å². The van der Waals surface area contributed by atoms with E-state index in [1.165, 1.54) is 0 Å². The molecule has 3 atom stereocenters. The number of rotatable bonds is 10. The Morgan fingerprint density at radius 1 is 1.06 bits per heavy atom. The van der Waals surface area contributed by atoms with Crippen molar-refractivity contribution in [1.82, 2.24) is 19.8 Å². The Balaban J connectivity index is 1.13. The van der Waals surface area contributed by atoms with Gasteiger partial charge in [0.05, 0.1) is 54.0 Å². The molecule has 7 rings (SSSR count). The molecule has 14 heteroatoms. The second-order valence-electron chi connectivity index (χ2n) is 14.1. The highest BCUT2D eigenvalue weighted by molar-refractivity contribution is 6.36. The van der Waals surface area contributed by atoms with E-state index >= 15 is 0 Å². The minimum atomic E-state index is -1.09. The third-order valence-electron chi connectivity index (χ3n) is 10.6. The van der Waals surface area contributed by atoms with Crippen molar-refractivity contribution in [3.05, 3.63) is 76.4 Å². The maximum absolute atomic E-state index is 13.8. The summed E-state index contributed by atoms with van der Waals surface area (Å²) in [5, 5.41) is 12.6. The molecule has 2 N–H and O–H groups in total. The Labute approximate surface area is 312 Å². The van der Waals surface area contributed by atoms with Gasteiger partial charge in [0.25, 0.3) is 0 Å². The number of halogens is 3. The molecular formula is C39H43ClF2N8O3. The highest BCUT2D eigenvalue weighted by Crippen LogP contribution is 2.37. The number of nitriles is 1. The summed E-state index contributed by atoms with van der Waals surface area (Å²) in [4.78, 5) is 32.2. The van der Waals surface area contributed by atoms with Crippen molar-refractivity contribution in [3.8, 4) is 17.8 Å². The van der Waals surface area contributed by atoms with E-state index in [2.05, 4.69) is 46.0 Å². The van der Waals surface area contributed by atoms with E-state index in [-0.39, 0.29) is 36.4 Å². The summed E-state index contributed by atoms with van der Waals surface area (Å²) in [6, 6.07) is 16.3. The van der Waals surface area contributed by atoms with Crippen molar-refractivity contribution in [2.24, 2.45) is 5.92 Å². The van der Waals surface area contributed by atoms with Gasteiger partial charge in [-0.1, -0.05) is 42.8 Å². The number of carbonyl (C=O) groups excluding carboxylic acids is 1. The molecule has 3 aliphatic heterocycles. The Morgan fingerprint density at radius 2 is 1.85 bits per heavy atom. The summed E-state index contributed by atoms with van der Waals surface area (Å²) in [6.07, 6.45) is 2.97. The number of nitrogens with zero attached hydrogens (tertiary/aromatic N) is 7. The van der Waals surface area contributed by atoms with Crippen LogP contribution in [-0.2, 0) is 17.8 Å². The summed E-state index contributed by atoms with van der Waals surface area (Å²) < 4.78 is 39.4. The van der Waals surface area contributed by atoms with Gasteiger partial charge in [0, 0.05) is 61.0 Å². The number of likely N-dealkylation sites (tertiary alicyclic amines) is 1. The Kier molecular flexibility index (Phi) is 10.7. The lowest BCUT2D eigenvalue weighted by Crippen LogP contribution is -2.57. The molecule has 0 bridgehead atoms. The predicted octanol–water partition coefficient (Wildman–Crippen LogP) is 5.83. The second-order valence-corrected chi connectivity index (χ2v) is 14.5. The fraction of sp³-hybridized carbons (Fsp3) is 0.436. The SMILES string of the molecule is CC(COc1cc(F)c(F)cc1N)C(=O)N1CCN(c2nc(OCC3CCCN3C)nc3c2CCN(c2cccc4cccc(Cl)c24)C3)CC1CC#N. The first-order valence-electron chi connectivity index (χ1n) is 18.1. The average molecular weight is 745 g/mol. The lowest BCUT2D eigenvalue weighted by Gasteiger charge is -2.43. The molecule has 3 aliphatic rings. The first-order valence-corrected chi connectivity index (χ1v) is 18.4.